The van der Waals surface area contributed by atoms with Gasteiger partial charge >= 0.3 is 11.9 Å². The molecule has 0 atom stereocenters. The molecule has 236 valence electrons. The number of rotatable bonds is 11. The number of carbonyl (C=O) groups excluding carboxylic acids is 5. The van der Waals surface area contributed by atoms with Gasteiger partial charge in [0.15, 0.2) is 0 Å². The first kappa shape index (κ1) is 31.4. The molecule has 4 aromatic rings. The average Bonchev–Trinajstić information content (AvgIpc) is 3.68. The summed E-state index contributed by atoms with van der Waals surface area (Å²) in [5.74, 6) is -2.39. The minimum absolute atomic E-state index is 0.0359. The highest BCUT2D eigenvalue weighted by molar-refractivity contribution is 7.99. The summed E-state index contributed by atoms with van der Waals surface area (Å²) < 4.78 is 0. The highest BCUT2D eigenvalue weighted by Crippen LogP contribution is 2.15. The van der Waals surface area contributed by atoms with Crippen molar-refractivity contribution in [1.29, 1.82) is 0 Å². The number of carbonyl (C=O) groups is 5. The SMILES string of the molecule is C=CC(=O)On1nnc2cc(/C=C/C(=O)N3CN(C(=O)C=C)CN(C(=O)CCSCC(=O)On4nnc5cccnc54)C3)cnc21. The first-order valence-electron chi connectivity index (χ1n) is 13.4. The molecule has 46 heavy (non-hydrogen) atoms. The van der Waals surface area contributed by atoms with Crippen molar-refractivity contribution in [3.8, 4) is 0 Å². The number of amides is 3. The first-order chi connectivity index (χ1) is 22.2. The molecule has 18 nitrogen and oxygen atoms in total. The smallest absolute Gasteiger partial charge is 0.315 e. The molecule has 0 bridgehead atoms. The third-order valence-corrected chi connectivity index (χ3v) is 7.20. The van der Waals surface area contributed by atoms with Gasteiger partial charge in [0.2, 0.25) is 29.0 Å². The zero-order valence-corrected chi connectivity index (χ0v) is 24.9. The summed E-state index contributed by atoms with van der Waals surface area (Å²) in [5.41, 5.74) is 1.74. The van der Waals surface area contributed by atoms with Crippen molar-refractivity contribution in [3.05, 3.63) is 67.5 Å². The summed E-state index contributed by atoms with van der Waals surface area (Å²) in [7, 11) is 0. The van der Waals surface area contributed by atoms with E-state index in [1.807, 2.05) is 0 Å². The van der Waals surface area contributed by atoms with E-state index in [0.717, 1.165) is 21.8 Å². The molecule has 5 rings (SSSR count). The van der Waals surface area contributed by atoms with Crippen LogP contribution in [-0.4, -0.2) is 116 Å². The van der Waals surface area contributed by atoms with Gasteiger partial charge < -0.3 is 24.4 Å². The van der Waals surface area contributed by atoms with Crippen LogP contribution in [-0.2, 0) is 24.0 Å². The minimum Gasteiger partial charge on any atom is -0.315 e. The zero-order valence-electron chi connectivity index (χ0n) is 24.0. The fraction of sp³-hybridized carbons (Fsp3) is 0.222. The molecule has 5 heterocycles. The van der Waals surface area contributed by atoms with Crippen molar-refractivity contribution in [2.45, 2.75) is 6.42 Å². The maximum Gasteiger partial charge on any atom is 0.358 e. The lowest BCUT2D eigenvalue weighted by Crippen LogP contribution is -2.59. The maximum atomic E-state index is 13.1. The van der Waals surface area contributed by atoms with E-state index in [9.17, 15) is 24.0 Å². The third kappa shape index (κ3) is 7.38. The van der Waals surface area contributed by atoms with Gasteiger partial charge in [-0.05, 0) is 56.0 Å². The van der Waals surface area contributed by atoms with E-state index in [2.05, 4.69) is 43.7 Å². The van der Waals surface area contributed by atoms with Crippen LogP contribution in [0, 0.1) is 0 Å². The second kappa shape index (κ2) is 14.2. The van der Waals surface area contributed by atoms with Gasteiger partial charge in [0.05, 0.1) is 25.8 Å². The average molecular weight is 648 g/mol. The number of nitrogens with zero attached hydrogens (tertiary/aromatic N) is 11. The second-order valence-corrected chi connectivity index (χ2v) is 10.5. The van der Waals surface area contributed by atoms with Crippen molar-refractivity contribution in [1.82, 2.24) is 55.0 Å². The predicted molar refractivity (Wildman–Crippen MR) is 160 cm³/mol. The quantitative estimate of drug-likeness (QED) is 0.114. The number of pyridine rings is 2. The molecule has 0 aliphatic carbocycles. The summed E-state index contributed by atoms with van der Waals surface area (Å²) in [5, 5.41) is 15.2. The van der Waals surface area contributed by atoms with Crippen LogP contribution in [0.15, 0.2) is 62.0 Å². The van der Waals surface area contributed by atoms with Crippen LogP contribution in [0.2, 0.25) is 0 Å². The standard InChI is InChI=1S/C27H25N11O7S/c1-3-21(39)34-15-35(22(40)8-7-18-12-20-27(29-13-18)38(33-31-20)44-24(42)4-2)17-36(16-34)23(41)9-11-46-14-25(43)45-37-26-19(30-32-37)6-5-10-28-26/h3-8,10,12-13H,1-2,9,11,14-17H2/b8-7+. The van der Waals surface area contributed by atoms with Crippen LogP contribution in [0.5, 0.6) is 0 Å². The van der Waals surface area contributed by atoms with Crippen LogP contribution in [0.4, 0.5) is 0 Å². The van der Waals surface area contributed by atoms with E-state index >= 15 is 0 Å². The number of aromatic nitrogens is 8. The van der Waals surface area contributed by atoms with Crippen molar-refractivity contribution in [2.75, 3.05) is 31.5 Å². The largest absolute Gasteiger partial charge is 0.358 e. The highest BCUT2D eigenvalue weighted by Gasteiger charge is 2.30. The van der Waals surface area contributed by atoms with Crippen molar-refractivity contribution >= 4 is 69.8 Å². The van der Waals surface area contributed by atoms with Gasteiger partial charge in [-0.15, -0.1) is 22.0 Å². The van der Waals surface area contributed by atoms with Gasteiger partial charge in [-0.25, -0.2) is 19.6 Å². The minimum atomic E-state index is -0.740. The van der Waals surface area contributed by atoms with E-state index in [1.165, 1.54) is 51.0 Å². The Bertz CT molecular complexity index is 1870. The Morgan fingerprint density at radius 1 is 0.870 bits per heavy atom. The Morgan fingerprint density at radius 3 is 2.33 bits per heavy atom. The van der Waals surface area contributed by atoms with Gasteiger partial charge in [-0.2, -0.15) is 0 Å². The number of hydrogen-bond acceptors (Lipinski definition) is 14. The highest BCUT2D eigenvalue weighted by atomic mass is 32.2. The van der Waals surface area contributed by atoms with Gasteiger partial charge in [0.1, 0.15) is 11.0 Å². The van der Waals surface area contributed by atoms with Gasteiger partial charge in [0, 0.05) is 36.7 Å². The van der Waals surface area contributed by atoms with Crippen molar-refractivity contribution in [2.24, 2.45) is 0 Å². The lowest BCUT2D eigenvalue weighted by molar-refractivity contribution is -0.154. The zero-order chi connectivity index (χ0) is 32.6. The monoisotopic (exact) mass is 647 g/mol. The Labute approximate surface area is 263 Å². The summed E-state index contributed by atoms with van der Waals surface area (Å²) in [4.78, 5) is 86.4. The van der Waals surface area contributed by atoms with Gasteiger partial charge in [-0.3, -0.25) is 14.4 Å². The molecule has 1 aliphatic heterocycles. The number of fused-ring (bicyclic) bond motifs is 2. The molecule has 4 aromatic heterocycles. The second-order valence-electron chi connectivity index (χ2n) is 9.41. The van der Waals surface area contributed by atoms with Crippen LogP contribution in [0.3, 0.4) is 0 Å². The maximum absolute atomic E-state index is 13.1. The topological polar surface area (TPSA) is 201 Å². The fourth-order valence-electron chi connectivity index (χ4n) is 4.08. The molecule has 0 aromatic carbocycles. The predicted octanol–water partition coefficient (Wildman–Crippen LogP) is -0.543. The molecule has 0 unspecified atom stereocenters. The summed E-state index contributed by atoms with van der Waals surface area (Å²) in [6.45, 7) is 6.64. The molecule has 1 saturated heterocycles. The van der Waals surface area contributed by atoms with E-state index in [0.29, 0.717) is 22.2 Å². The molecular formula is C27H25N11O7S. The van der Waals surface area contributed by atoms with Crippen molar-refractivity contribution in [3.63, 3.8) is 0 Å². The van der Waals surface area contributed by atoms with Crippen LogP contribution in [0.1, 0.15) is 12.0 Å². The third-order valence-electron chi connectivity index (χ3n) is 6.27. The molecule has 0 spiro atoms. The molecule has 0 radical (unpaired) electrons. The number of thioether (sulfide) groups is 1. The summed E-state index contributed by atoms with van der Waals surface area (Å²) >= 11 is 1.17. The van der Waals surface area contributed by atoms with E-state index in [1.54, 1.807) is 18.2 Å². The summed E-state index contributed by atoms with van der Waals surface area (Å²) in [6, 6.07) is 4.94. The fourth-order valence-corrected chi connectivity index (χ4v) is 4.76. The molecule has 1 aliphatic rings. The molecule has 3 amide bonds. The van der Waals surface area contributed by atoms with Gasteiger partial charge in [0.25, 0.3) is 0 Å². The Balaban J connectivity index is 1.15. The molecule has 1 fully saturated rings. The molecule has 0 saturated carbocycles. The molecular weight excluding hydrogens is 622 g/mol. The Hall–Kier alpha value is -5.98. The first-order valence-corrected chi connectivity index (χ1v) is 14.6. The van der Waals surface area contributed by atoms with Crippen LogP contribution in [0.25, 0.3) is 28.4 Å². The lowest BCUT2D eigenvalue weighted by Gasteiger charge is -2.41. The Kier molecular flexibility index (Phi) is 9.71. The van der Waals surface area contributed by atoms with Crippen LogP contribution >= 0.6 is 11.8 Å². The van der Waals surface area contributed by atoms with E-state index < -0.39 is 23.8 Å². The van der Waals surface area contributed by atoms with Gasteiger partial charge in [-0.1, -0.05) is 13.2 Å². The van der Waals surface area contributed by atoms with E-state index in [-0.39, 0.29) is 49.5 Å². The van der Waals surface area contributed by atoms with Crippen molar-refractivity contribution < 1.29 is 33.6 Å². The normalized spacial score (nSPS) is 13.3. The van der Waals surface area contributed by atoms with E-state index in [4.69, 9.17) is 9.68 Å². The lowest BCUT2D eigenvalue weighted by atomic mass is 10.2. The molecule has 0 N–H and O–H groups in total. The van der Waals surface area contributed by atoms with Crippen LogP contribution < -0.4 is 9.68 Å². The number of hydrogen-bond donors (Lipinski definition) is 0. The Morgan fingerprint density at radius 2 is 1.57 bits per heavy atom. The molecule has 19 heteroatoms. The summed E-state index contributed by atoms with van der Waals surface area (Å²) in [6.07, 6.45) is 7.80.